The van der Waals surface area contributed by atoms with Crippen molar-refractivity contribution in [2.45, 2.75) is 39.8 Å². The summed E-state index contributed by atoms with van der Waals surface area (Å²) in [6.45, 7) is 9.20. The first-order valence-electron chi connectivity index (χ1n) is 6.62. The van der Waals surface area contributed by atoms with Gasteiger partial charge in [0.2, 0.25) is 5.88 Å². The number of nitrogens with one attached hydrogen (secondary N) is 1. The zero-order valence-electron chi connectivity index (χ0n) is 11.6. The number of hydrogen-bond donors (Lipinski definition) is 1. The summed E-state index contributed by atoms with van der Waals surface area (Å²) in [6.07, 6.45) is 3.16. The lowest BCUT2D eigenvalue weighted by Gasteiger charge is -2.09. The maximum absolute atomic E-state index is 5.54. The molecule has 0 aromatic carbocycles. The zero-order valence-corrected chi connectivity index (χ0v) is 11.6. The van der Waals surface area contributed by atoms with Gasteiger partial charge in [0.15, 0.2) is 0 Å². The maximum atomic E-state index is 5.54. The van der Waals surface area contributed by atoms with Gasteiger partial charge in [-0.1, -0.05) is 6.92 Å². The van der Waals surface area contributed by atoms with Gasteiger partial charge < -0.3 is 14.8 Å². The Balaban J connectivity index is 2.30. The molecule has 1 aromatic rings. The molecular weight excluding hydrogens is 228 g/mol. The van der Waals surface area contributed by atoms with Gasteiger partial charge in [-0.3, -0.25) is 0 Å². The molecule has 0 unspecified atom stereocenters. The summed E-state index contributed by atoms with van der Waals surface area (Å²) in [5, 5.41) is 3.35. The van der Waals surface area contributed by atoms with Crippen LogP contribution < -0.4 is 10.1 Å². The second kappa shape index (κ2) is 8.89. The molecule has 0 spiro atoms. The number of hydrogen-bond acceptors (Lipinski definition) is 4. The molecule has 4 nitrogen and oxygen atoms in total. The number of pyridine rings is 1. The number of aromatic nitrogens is 1. The van der Waals surface area contributed by atoms with Gasteiger partial charge >= 0.3 is 0 Å². The van der Waals surface area contributed by atoms with Crippen molar-refractivity contribution < 1.29 is 9.47 Å². The third-order valence-electron chi connectivity index (χ3n) is 2.34. The monoisotopic (exact) mass is 252 g/mol. The summed E-state index contributed by atoms with van der Waals surface area (Å²) >= 11 is 0. The van der Waals surface area contributed by atoms with Crippen molar-refractivity contribution in [3.05, 3.63) is 23.9 Å². The second-order valence-electron chi connectivity index (χ2n) is 4.45. The molecule has 0 bridgehead atoms. The molecular formula is C14H24N2O2. The van der Waals surface area contributed by atoms with Gasteiger partial charge in [0, 0.05) is 18.8 Å². The van der Waals surface area contributed by atoms with Crippen LogP contribution in [0.4, 0.5) is 0 Å². The van der Waals surface area contributed by atoms with E-state index in [4.69, 9.17) is 9.47 Å². The highest BCUT2D eigenvalue weighted by Gasteiger charge is 1.99. The molecule has 0 fully saturated rings. The topological polar surface area (TPSA) is 43.4 Å². The molecule has 0 aliphatic heterocycles. The minimum Gasteiger partial charge on any atom is -0.475 e. The van der Waals surface area contributed by atoms with Crippen molar-refractivity contribution in [3.8, 4) is 5.88 Å². The largest absolute Gasteiger partial charge is 0.475 e. The fourth-order valence-electron chi connectivity index (χ4n) is 1.48. The first-order chi connectivity index (χ1) is 8.72. The summed E-state index contributed by atoms with van der Waals surface area (Å²) in [7, 11) is 0. The van der Waals surface area contributed by atoms with E-state index in [9.17, 15) is 0 Å². The Morgan fingerprint density at radius 3 is 2.89 bits per heavy atom. The minimum atomic E-state index is 0.242. The van der Waals surface area contributed by atoms with Crippen LogP contribution in [0.15, 0.2) is 18.3 Å². The van der Waals surface area contributed by atoms with Crippen LogP contribution in [0.3, 0.4) is 0 Å². The third kappa shape index (κ3) is 6.57. The second-order valence-corrected chi connectivity index (χ2v) is 4.45. The van der Waals surface area contributed by atoms with Crippen LogP contribution in [-0.2, 0) is 11.3 Å². The van der Waals surface area contributed by atoms with Gasteiger partial charge in [-0.05, 0) is 38.4 Å². The van der Waals surface area contributed by atoms with E-state index in [0.29, 0.717) is 19.1 Å². The molecule has 0 saturated heterocycles. The van der Waals surface area contributed by atoms with Crippen LogP contribution in [-0.4, -0.2) is 30.8 Å². The van der Waals surface area contributed by atoms with E-state index in [1.807, 2.05) is 26.0 Å². The van der Waals surface area contributed by atoms with Gasteiger partial charge in [0.1, 0.15) is 6.61 Å². The van der Waals surface area contributed by atoms with Gasteiger partial charge in [0.25, 0.3) is 0 Å². The lowest BCUT2D eigenvalue weighted by Crippen LogP contribution is -2.14. The molecule has 1 rings (SSSR count). The van der Waals surface area contributed by atoms with Crippen LogP contribution in [0.5, 0.6) is 5.88 Å². The molecule has 1 N–H and O–H groups in total. The summed E-state index contributed by atoms with van der Waals surface area (Å²) in [5.74, 6) is 0.665. The number of rotatable bonds is 9. The van der Waals surface area contributed by atoms with Crippen molar-refractivity contribution in [2.24, 2.45) is 0 Å². The highest BCUT2D eigenvalue weighted by molar-refractivity contribution is 5.20. The van der Waals surface area contributed by atoms with E-state index in [1.54, 1.807) is 6.20 Å². The molecule has 4 heteroatoms. The minimum absolute atomic E-state index is 0.242. The Morgan fingerprint density at radius 2 is 2.17 bits per heavy atom. The summed E-state index contributed by atoms with van der Waals surface area (Å²) in [6, 6.07) is 3.97. The SMILES string of the molecule is CCCNCc1ccnc(OCCOC(C)C)c1. The van der Waals surface area contributed by atoms with Crippen molar-refractivity contribution in [3.63, 3.8) is 0 Å². The Morgan fingerprint density at radius 1 is 1.33 bits per heavy atom. The molecule has 1 heterocycles. The van der Waals surface area contributed by atoms with E-state index in [-0.39, 0.29) is 6.10 Å². The molecule has 0 amide bonds. The van der Waals surface area contributed by atoms with Crippen LogP contribution in [0.2, 0.25) is 0 Å². The summed E-state index contributed by atoms with van der Waals surface area (Å²) in [4.78, 5) is 4.18. The molecule has 0 aliphatic rings. The molecule has 0 aliphatic carbocycles. The lowest BCUT2D eigenvalue weighted by molar-refractivity contribution is 0.0542. The Kier molecular flexibility index (Phi) is 7.37. The highest BCUT2D eigenvalue weighted by Crippen LogP contribution is 2.09. The van der Waals surface area contributed by atoms with E-state index >= 15 is 0 Å². The lowest BCUT2D eigenvalue weighted by atomic mass is 10.2. The van der Waals surface area contributed by atoms with Crippen molar-refractivity contribution in [1.82, 2.24) is 10.3 Å². The van der Waals surface area contributed by atoms with Gasteiger partial charge in [-0.2, -0.15) is 0 Å². The van der Waals surface area contributed by atoms with Crippen LogP contribution in [0, 0.1) is 0 Å². The molecule has 102 valence electrons. The fraction of sp³-hybridized carbons (Fsp3) is 0.643. The fourth-order valence-corrected chi connectivity index (χ4v) is 1.48. The summed E-state index contributed by atoms with van der Waals surface area (Å²) < 4.78 is 10.9. The van der Waals surface area contributed by atoms with E-state index < -0.39 is 0 Å². The molecule has 1 aromatic heterocycles. The zero-order chi connectivity index (χ0) is 13.2. The van der Waals surface area contributed by atoms with E-state index in [1.165, 1.54) is 5.56 Å². The van der Waals surface area contributed by atoms with Crippen LogP contribution >= 0.6 is 0 Å². The van der Waals surface area contributed by atoms with Gasteiger partial charge in [-0.15, -0.1) is 0 Å². The molecule has 0 saturated carbocycles. The third-order valence-corrected chi connectivity index (χ3v) is 2.34. The average molecular weight is 252 g/mol. The first-order valence-corrected chi connectivity index (χ1v) is 6.62. The quantitative estimate of drug-likeness (QED) is 0.685. The van der Waals surface area contributed by atoms with E-state index in [2.05, 4.69) is 17.2 Å². The van der Waals surface area contributed by atoms with Crippen LogP contribution in [0.1, 0.15) is 32.8 Å². The van der Waals surface area contributed by atoms with Gasteiger partial charge in [0.05, 0.1) is 12.7 Å². The predicted octanol–water partition coefficient (Wildman–Crippen LogP) is 2.39. The molecule has 0 radical (unpaired) electrons. The summed E-state index contributed by atoms with van der Waals surface area (Å²) in [5.41, 5.74) is 1.19. The normalized spacial score (nSPS) is 10.9. The highest BCUT2D eigenvalue weighted by atomic mass is 16.5. The van der Waals surface area contributed by atoms with Crippen molar-refractivity contribution >= 4 is 0 Å². The molecule has 18 heavy (non-hydrogen) atoms. The first kappa shape index (κ1) is 14.9. The number of ether oxygens (including phenoxy) is 2. The Bertz CT molecular complexity index is 329. The Hall–Kier alpha value is -1.13. The van der Waals surface area contributed by atoms with Crippen LogP contribution in [0.25, 0.3) is 0 Å². The van der Waals surface area contributed by atoms with Crippen molar-refractivity contribution in [1.29, 1.82) is 0 Å². The van der Waals surface area contributed by atoms with E-state index in [0.717, 1.165) is 19.5 Å². The van der Waals surface area contributed by atoms with Gasteiger partial charge in [-0.25, -0.2) is 4.98 Å². The van der Waals surface area contributed by atoms with Crippen molar-refractivity contribution in [2.75, 3.05) is 19.8 Å². The number of nitrogens with zero attached hydrogens (tertiary/aromatic N) is 1. The smallest absolute Gasteiger partial charge is 0.213 e. The Labute approximate surface area is 110 Å². The average Bonchev–Trinajstić information content (AvgIpc) is 2.35. The molecule has 0 atom stereocenters. The maximum Gasteiger partial charge on any atom is 0.213 e. The standard InChI is InChI=1S/C14H24N2O2/c1-4-6-15-11-13-5-7-16-14(10-13)18-9-8-17-12(2)3/h5,7,10,12,15H,4,6,8-9,11H2,1-3H3. The predicted molar refractivity (Wildman–Crippen MR) is 72.8 cm³/mol.